The molecule has 1 aromatic heterocycles. The van der Waals surface area contributed by atoms with Crippen molar-refractivity contribution in [3.8, 4) is 0 Å². The second-order valence-corrected chi connectivity index (χ2v) is 4.81. The number of pyridine rings is 1. The molecule has 0 spiro atoms. The van der Waals surface area contributed by atoms with Crippen molar-refractivity contribution in [2.24, 2.45) is 0 Å². The number of nitrogens with one attached hydrogen (secondary N) is 2. The molecule has 0 bridgehead atoms. The predicted octanol–water partition coefficient (Wildman–Crippen LogP) is 3.73. The Morgan fingerprint density at radius 1 is 1.30 bits per heavy atom. The smallest absolute Gasteiger partial charge is 0.257 e. The van der Waals surface area contributed by atoms with Gasteiger partial charge >= 0.3 is 0 Å². The fraction of sp³-hybridized carbons (Fsp3) is 0.200. The van der Waals surface area contributed by atoms with Crippen LogP contribution >= 0.6 is 11.6 Å². The minimum absolute atomic E-state index is 0.203. The highest BCUT2D eigenvalue weighted by atomic mass is 35.5. The van der Waals surface area contributed by atoms with E-state index in [1.54, 1.807) is 30.5 Å². The van der Waals surface area contributed by atoms with E-state index in [-0.39, 0.29) is 5.91 Å². The fourth-order valence-electron chi connectivity index (χ4n) is 1.74. The summed E-state index contributed by atoms with van der Waals surface area (Å²) in [6.45, 7) is 4.70. The highest BCUT2D eigenvalue weighted by Gasteiger charge is 2.08. The number of aromatic nitrogens is 1. The minimum atomic E-state index is -0.203. The van der Waals surface area contributed by atoms with Gasteiger partial charge < -0.3 is 10.6 Å². The van der Waals surface area contributed by atoms with Crippen molar-refractivity contribution in [3.05, 3.63) is 52.7 Å². The van der Waals surface area contributed by atoms with E-state index in [4.69, 9.17) is 11.6 Å². The summed E-state index contributed by atoms with van der Waals surface area (Å²) in [6.07, 6.45) is 1.55. The quantitative estimate of drug-likeness (QED) is 0.902. The Balaban J connectivity index is 2.13. The lowest BCUT2D eigenvalue weighted by molar-refractivity contribution is 0.102. The van der Waals surface area contributed by atoms with Gasteiger partial charge in [-0.25, -0.2) is 4.98 Å². The van der Waals surface area contributed by atoms with Crippen molar-refractivity contribution in [1.82, 2.24) is 4.98 Å². The Morgan fingerprint density at radius 3 is 2.75 bits per heavy atom. The van der Waals surface area contributed by atoms with E-state index in [2.05, 4.69) is 15.6 Å². The van der Waals surface area contributed by atoms with Gasteiger partial charge in [-0.3, -0.25) is 4.79 Å². The second kappa shape index (κ2) is 6.39. The summed E-state index contributed by atoms with van der Waals surface area (Å²) in [5, 5.41) is 6.50. The minimum Gasteiger partial charge on any atom is -0.370 e. The van der Waals surface area contributed by atoms with Crippen LogP contribution in [0.5, 0.6) is 0 Å². The molecule has 0 radical (unpaired) electrons. The Morgan fingerprint density at radius 2 is 2.10 bits per heavy atom. The number of benzene rings is 1. The van der Waals surface area contributed by atoms with Gasteiger partial charge in [-0.05, 0) is 43.7 Å². The number of rotatable bonds is 4. The van der Waals surface area contributed by atoms with Gasteiger partial charge in [0.15, 0.2) is 0 Å². The van der Waals surface area contributed by atoms with E-state index in [0.29, 0.717) is 16.3 Å². The van der Waals surface area contributed by atoms with Crippen molar-refractivity contribution in [2.45, 2.75) is 13.8 Å². The largest absolute Gasteiger partial charge is 0.370 e. The molecule has 0 aliphatic heterocycles. The number of carbonyl (C=O) groups excluding carboxylic acids is 1. The first-order valence-corrected chi connectivity index (χ1v) is 6.75. The first-order chi connectivity index (χ1) is 9.60. The first-order valence-electron chi connectivity index (χ1n) is 6.37. The molecule has 4 nitrogen and oxygen atoms in total. The number of hydrogen-bond acceptors (Lipinski definition) is 3. The Kier molecular flexibility index (Phi) is 4.58. The number of hydrogen-bond donors (Lipinski definition) is 2. The molecular formula is C15H16ClN3O. The average Bonchev–Trinajstić information content (AvgIpc) is 2.44. The molecule has 0 aliphatic carbocycles. The molecule has 1 aromatic carbocycles. The molecule has 2 rings (SSSR count). The van der Waals surface area contributed by atoms with Gasteiger partial charge in [-0.15, -0.1) is 0 Å². The zero-order valence-corrected chi connectivity index (χ0v) is 12.2. The number of anilines is 2. The highest BCUT2D eigenvalue weighted by Crippen LogP contribution is 2.20. The van der Waals surface area contributed by atoms with Crippen LogP contribution < -0.4 is 10.6 Å². The van der Waals surface area contributed by atoms with Gasteiger partial charge in [-0.2, -0.15) is 0 Å². The number of amides is 1. The van der Waals surface area contributed by atoms with Crippen molar-refractivity contribution < 1.29 is 4.79 Å². The molecule has 20 heavy (non-hydrogen) atoms. The molecule has 0 saturated carbocycles. The monoisotopic (exact) mass is 289 g/mol. The van der Waals surface area contributed by atoms with Crippen LogP contribution in [0.25, 0.3) is 0 Å². The fourth-order valence-corrected chi connectivity index (χ4v) is 1.91. The van der Waals surface area contributed by atoms with Crippen molar-refractivity contribution in [3.63, 3.8) is 0 Å². The van der Waals surface area contributed by atoms with Gasteiger partial charge in [-0.1, -0.05) is 17.7 Å². The maximum atomic E-state index is 12.1. The van der Waals surface area contributed by atoms with Gasteiger partial charge in [0.1, 0.15) is 5.82 Å². The van der Waals surface area contributed by atoms with Crippen molar-refractivity contribution >= 4 is 29.0 Å². The molecule has 2 aromatic rings. The third-order valence-electron chi connectivity index (χ3n) is 2.83. The molecule has 0 saturated heterocycles. The molecule has 5 heteroatoms. The molecule has 0 aliphatic rings. The molecule has 0 unspecified atom stereocenters. The number of carbonyl (C=O) groups is 1. The topological polar surface area (TPSA) is 54.0 Å². The lowest BCUT2D eigenvalue weighted by atomic mass is 10.2. The van der Waals surface area contributed by atoms with E-state index in [0.717, 1.165) is 17.9 Å². The lowest BCUT2D eigenvalue weighted by Crippen LogP contribution is -2.13. The van der Waals surface area contributed by atoms with Gasteiger partial charge in [0.25, 0.3) is 5.91 Å². The number of halogens is 1. The predicted molar refractivity (Wildman–Crippen MR) is 82.5 cm³/mol. The Bertz CT molecular complexity index is 611. The Hall–Kier alpha value is -2.07. The zero-order chi connectivity index (χ0) is 14.5. The Labute approximate surface area is 123 Å². The van der Waals surface area contributed by atoms with Crippen LogP contribution in [0.3, 0.4) is 0 Å². The third-order valence-corrected chi connectivity index (χ3v) is 3.07. The normalized spacial score (nSPS) is 10.2. The molecule has 1 heterocycles. The molecule has 0 fully saturated rings. The summed E-state index contributed by atoms with van der Waals surface area (Å²) >= 11 is 5.93. The SMILES string of the molecule is CCNc1ccc(C(=O)Nc2cc(Cl)ccc2C)cn1. The van der Waals surface area contributed by atoms with Crippen LogP contribution in [0.15, 0.2) is 36.5 Å². The summed E-state index contributed by atoms with van der Waals surface area (Å²) in [6, 6.07) is 8.91. The third kappa shape index (κ3) is 3.48. The summed E-state index contributed by atoms with van der Waals surface area (Å²) in [7, 11) is 0. The maximum absolute atomic E-state index is 12.1. The van der Waals surface area contributed by atoms with Gasteiger partial charge in [0.2, 0.25) is 0 Å². The van der Waals surface area contributed by atoms with E-state index in [9.17, 15) is 4.79 Å². The van der Waals surface area contributed by atoms with Crippen LogP contribution in [-0.2, 0) is 0 Å². The first kappa shape index (κ1) is 14.3. The molecule has 2 N–H and O–H groups in total. The molecule has 104 valence electrons. The maximum Gasteiger partial charge on any atom is 0.257 e. The van der Waals surface area contributed by atoms with Crippen LogP contribution in [0.2, 0.25) is 5.02 Å². The summed E-state index contributed by atoms with van der Waals surface area (Å²) in [5.74, 6) is 0.550. The summed E-state index contributed by atoms with van der Waals surface area (Å²) in [5.41, 5.74) is 2.17. The lowest BCUT2D eigenvalue weighted by Gasteiger charge is -2.09. The van der Waals surface area contributed by atoms with E-state index in [1.165, 1.54) is 0 Å². The highest BCUT2D eigenvalue weighted by molar-refractivity contribution is 6.31. The van der Waals surface area contributed by atoms with Crippen LogP contribution in [0.1, 0.15) is 22.8 Å². The van der Waals surface area contributed by atoms with Gasteiger partial charge in [0.05, 0.1) is 5.56 Å². The molecular weight excluding hydrogens is 274 g/mol. The summed E-state index contributed by atoms with van der Waals surface area (Å²) < 4.78 is 0. The number of aryl methyl sites for hydroxylation is 1. The van der Waals surface area contributed by atoms with Crippen molar-refractivity contribution in [1.29, 1.82) is 0 Å². The van der Waals surface area contributed by atoms with Gasteiger partial charge in [0, 0.05) is 23.5 Å². The van der Waals surface area contributed by atoms with E-state index in [1.807, 2.05) is 19.9 Å². The van der Waals surface area contributed by atoms with Crippen LogP contribution in [-0.4, -0.2) is 17.4 Å². The molecule has 0 atom stereocenters. The van der Waals surface area contributed by atoms with E-state index >= 15 is 0 Å². The standard InChI is InChI=1S/C15H16ClN3O/c1-3-17-14-7-5-11(9-18-14)15(20)19-13-8-12(16)6-4-10(13)2/h4-9H,3H2,1-2H3,(H,17,18)(H,19,20). The zero-order valence-electron chi connectivity index (χ0n) is 11.4. The number of nitrogens with zero attached hydrogens (tertiary/aromatic N) is 1. The average molecular weight is 290 g/mol. The van der Waals surface area contributed by atoms with Crippen molar-refractivity contribution in [2.75, 3.05) is 17.2 Å². The summed E-state index contributed by atoms with van der Waals surface area (Å²) in [4.78, 5) is 16.3. The van der Waals surface area contributed by atoms with Crippen LogP contribution in [0.4, 0.5) is 11.5 Å². The van der Waals surface area contributed by atoms with Crippen LogP contribution in [0, 0.1) is 6.92 Å². The van der Waals surface area contributed by atoms with E-state index < -0.39 is 0 Å². The molecule has 1 amide bonds. The second-order valence-electron chi connectivity index (χ2n) is 4.38.